The van der Waals surface area contributed by atoms with E-state index in [0.29, 0.717) is 12.3 Å². The molecule has 1 aromatic rings. The van der Waals surface area contributed by atoms with Crippen molar-refractivity contribution in [3.8, 4) is 5.75 Å². The molecule has 0 unspecified atom stereocenters. The van der Waals surface area contributed by atoms with E-state index in [0.717, 1.165) is 24.7 Å². The van der Waals surface area contributed by atoms with Crippen molar-refractivity contribution in [2.45, 2.75) is 25.4 Å². The van der Waals surface area contributed by atoms with Crippen molar-refractivity contribution < 1.29 is 9.66 Å². The quantitative estimate of drug-likeness (QED) is 0.446. The van der Waals surface area contributed by atoms with Crippen molar-refractivity contribution in [1.29, 1.82) is 0 Å². The molecule has 110 valence electrons. The van der Waals surface area contributed by atoms with Gasteiger partial charge < -0.3 is 15.0 Å². The molecule has 1 aliphatic carbocycles. The van der Waals surface area contributed by atoms with Crippen LogP contribution in [0.2, 0.25) is 0 Å². The second-order valence-corrected chi connectivity index (χ2v) is 5.14. The first-order valence-corrected chi connectivity index (χ1v) is 6.84. The zero-order chi connectivity index (χ0) is 14.5. The number of nitrogens with one attached hydrogen (secondary N) is 1. The van der Waals surface area contributed by atoms with E-state index >= 15 is 0 Å². The predicted molar refractivity (Wildman–Crippen MR) is 77.0 cm³/mol. The van der Waals surface area contributed by atoms with Crippen LogP contribution in [0.25, 0.3) is 0 Å². The number of rotatable bonds is 8. The standard InChI is InChI=1S/C14H21N3O3/c1-16(12-3-4-12)8-7-15-10-11-9-13(17(18)19)5-6-14(11)20-2/h5-6,9,12,15H,3-4,7-8,10H2,1-2H3. The number of nitrogens with zero attached hydrogens (tertiary/aromatic N) is 2. The van der Waals surface area contributed by atoms with E-state index < -0.39 is 0 Å². The molecule has 0 spiro atoms. The maximum atomic E-state index is 10.8. The highest BCUT2D eigenvalue weighted by Crippen LogP contribution is 2.25. The Bertz CT molecular complexity index is 475. The Kier molecular flexibility index (Phi) is 4.92. The van der Waals surface area contributed by atoms with Gasteiger partial charge in [-0.15, -0.1) is 0 Å². The molecule has 0 saturated heterocycles. The fraction of sp³-hybridized carbons (Fsp3) is 0.571. The summed E-state index contributed by atoms with van der Waals surface area (Å²) in [6.07, 6.45) is 2.60. The lowest BCUT2D eigenvalue weighted by atomic mass is 10.1. The summed E-state index contributed by atoms with van der Waals surface area (Å²) in [7, 11) is 3.71. The second kappa shape index (κ2) is 6.67. The van der Waals surface area contributed by atoms with Crippen LogP contribution in [-0.2, 0) is 6.54 Å². The second-order valence-electron chi connectivity index (χ2n) is 5.14. The molecule has 1 saturated carbocycles. The highest BCUT2D eigenvalue weighted by atomic mass is 16.6. The van der Waals surface area contributed by atoms with E-state index in [9.17, 15) is 10.1 Å². The van der Waals surface area contributed by atoms with Crippen LogP contribution in [0.4, 0.5) is 5.69 Å². The first-order valence-electron chi connectivity index (χ1n) is 6.84. The third kappa shape index (κ3) is 3.91. The largest absolute Gasteiger partial charge is 0.496 e. The van der Waals surface area contributed by atoms with E-state index in [1.165, 1.54) is 18.9 Å². The Balaban J connectivity index is 1.86. The number of hydrogen-bond donors (Lipinski definition) is 1. The highest BCUT2D eigenvalue weighted by molar-refractivity contribution is 5.43. The van der Waals surface area contributed by atoms with E-state index in [1.807, 2.05) is 0 Å². The molecular formula is C14H21N3O3. The molecule has 0 radical (unpaired) electrons. The van der Waals surface area contributed by atoms with E-state index in [4.69, 9.17) is 4.74 Å². The van der Waals surface area contributed by atoms with Gasteiger partial charge in [-0.25, -0.2) is 0 Å². The van der Waals surface area contributed by atoms with Gasteiger partial charge in [-0.2, -0.15) is 0 Å². The molecular weight excluding hydrogens is 258 g/mol. The van der Waals surface area contributed by atoms with Crippen molar-refractivity contribution in [3.63, 3.8) is 0 Å². The minimum absolute atomic E-state index is 0.0951. The molecule has 0 heterocycles. The fourth-order valence-corrected chi connectivity index (χ4v) is 2.19. The molecule has 1 aromatic carbocycles. The number of non-ortho nitro benzene ring substituents is 1. The van der Waals surface area contributed by atoms with Crippen LogP contribution in [0.3, 0.4) is 0 Å². The maximum absolute atomic E-state index is 10.8. The van der Waals surface area contributed by atoms with Crippen molar-refractivity contribution >= 4 is 5.69 Å². The minimum atomic E-state index is -0.385. The van der Waals surface area contributed by atoms with Gasteiger partial charge in [0.1, 0.15) is 5.75 Å². The van der Waals surface area contributed by atoms with Gasteiger partial charge in [0.25, 0.3) is 5.69 Å². The summed E-state index contributed by atoms with van der Waals surface area (Å²) in [6.45, 7) is 2.42. The van der Waals surface area contributed by atoms with Gasteiger partial charge in [-0.1, -0.05) is 0 Å². The number of ether oxygens (including phenoxy) is 1. The van der Waals surface area contributed by atoms with Crippen LogP contribution in [0.15, 0.2) is 18.2 Å². The van der Waals surface area contributed by atoms with Crippen molar-refractivity contribution in [1.82, 2.24) is 10.2 Å². The van der Waals surface area contributed by atoms with Crippen molar-refractivity contribution in [2.75, 3.05) is 27.2 Å². The molecule has 0 amide bonds. The molecule has 6 nitrogen and oxygen atoms in total. The van der Waals surface area contributed by atoms with Gasteiger partial charge in [-0.3, -0.25) is 10.1 Å². The zero-order valence-corrected chi connectivity index (χ0v) is 12.0. The molecule has 0 aromatic heterocycles. The zero-order valence-electron chi connectivity index (χ0n) is 12.0. The lowest BCUT2D eigenvalue weighted by Crippen LogP contribution is -2.30. The third-order valence-electron chi connectivity index (χ3n) is 3.60. The van der Waals surface area contributed by atoms with Crippen LogP contribution >= 0.6 is 0 Å². The molecule has 20 heavy (non-hydrogen) atoms. The number of likely N-dealkylation sites (N-methyl/N-ethyl adjacent to an activating group) is 1. The average molecular weight is 279 g/mol. The van der Waals surface area contributed by atoms with Crippen LogP contribution in [0, 0.1) is 10.1 Å². The summed E-state index contributed by atoms with van der Waals surface area (Å²) in [6, 6.07) is 5.43. The van der Waals surface area contributed by atoms with Gasteiger partial charge in [0.05, 0.1) is 12.0 Å². The Morgan fingerprint density at radius 3 is 2.85 bits per heavy atom. The molecule has 1 N–H and O–H groups in total. The van der Waals surface area contributed by atoms with Gasteiger partial charge in [0, 0.05) is 43.4 Å². The number of hydrogen-bond acceptors (Lipinski definition) is 5. The minimum Gasteiger partial charge on any atom is -0.496 e. The molecule has 0 aliphatic heterocycles. The molecule has 0 atom stereocenters. The van der Waals surface area contributed by atoms with Gasteiger partial charge >= 0.3 is 0 Å². The SMILES string of the molecule is COc1ccc([N+](=O)[O-])cc1CNCCN(C)C1CC1. The third-order valence-corrected chi connectivity index (χ3v) is 3.60. The lowest BCUT2D eigenvalue weighted by Gasteiger charge is -2.16. The van der Waals surface area contributed by atoms with Gasteiger partial charge in [0.15, 0.2) is 0 Å². The number of nitro benzene ring substituents is 1. The summed E-state index contributed by atoms with van der Waals surface area (Å²) in [5.41, 5.74) is 0.911. The fourth-order valence-electron chi connectivity index (χ4n) is 2.19. The maximum Gasteiger partial charge on any atom is 0.270 e. The normalized spacial score (nSPS) is 14.6. The van der Waals surface area contributed by atoms with Crippen LogP contribution in [0.1, 0.15) is 18.4 Å². The smallest absolute Gasteiger partial charge is 0.270 e. The first-order chi connectivity index (χ1) is 9.61. The van der Waals surface area contributed by atoms with Crippen LogP contribution in [0.5, 0.6) is 5.75 Å². The summed E-state index contributed by atoms with van der Waals surface area (Å²) in [5, 5.41) is 14.1. The summed E-state index contributed by atoms with van der Waals surface area (Å²) in [5.74, 6) is 0.679. The van der Waals surface area contributed by atoms with E-state index in [2.05, 4.69) is 17.3 Å². The Morgan fingerprint density at radius 1 is 1.50 bits per heavy atom. The first kappa shape index (κ1) is 14.7. The number of nitro groups is 1. The number of benzene rings is 1. The Morgan fingerprint density at radius 2 is 2.25 bits per heavy atom. The highest BCUT2D eigenvalue weighted by Gasteiger charge is 2.25. The van der Waals surface area contributed by atoms with Gasteiger partial charge in [0.2, 0.25) is 0 Å². The molecule has 0 bridgehead atoms. The van der Waals surface area contributed by atoms with Crippen molar-refractivity contribution in [3.05, 3.63) is 33.9 Å². The van der Waals surface area contributed by atoms with E-state index in [1.54, 1.807) is 19.2 Å². The molecule has 2 rings (SSSR count). The summed E-state index contributed by atoms with van der Waals surface area (Å²) < 4.78 is 5.23. The topological polar surface area (TPSA) is 67.6 Å². The summed E-state index contributed by atoms with van der Waals surface area (Å²) in [4.78, 5) is 12.8. The molecule has 6 heteroatoms. The average Bonchev–Trinajstić information content (AvgIpc) is 3.27. The van der Waals surface area contributed by atoms with Crippen LogP contribution in [-0.4, -0.2) is 43.1 Å². The lowest BCUT2D eigenvalue weighted by molar-refractivity contribution is -0.384. The number of methoxy groups -OCH3 is 1. The monoisotopic (exact) mass is 279 g/mol. The summed E-state index contributed by atoms with van der Waals surface area (Å²) >= 11 is 0. The predicted octanol–water partition coefficient (Wildman–Crippen LogP) is 1.79. The van der Waals surface area contributed by atoms with Gasteiger partial charge in [-0.05, 0) is 26.0 Å². The molecule has 1 aliphatic rings. The Labute approximate surface area is 118 Å². The van der Waals surface area contributed by atoms with E-state index in [-0.39, 0.29) is 10.6 Å². The van der Waals surface area contributed by atoms with Crippen LogP contribution < -0.4 is 10.1 Å². The van der Waals surface area contributed by atoms with Crippen molar-refractivity contribution in [2.24, 2.45) is 0 Å². The Hall–Kier alpha value is -1.66. The molecule has 1 fully saturated rings.